The van der Waals surface area contributed by atoms with Crippen LogP contribution in [-0.4, -0.2) is 41.0 Å². The number of nitrogens with zero attached hydrogens (tertiary/aromatic N) is 2. The Morgan fingerprint density at radius 3 is 3.05 bits per heavy atom. The molecular weight excluding hydrogens is 296 g/mol. The zero-order chi connectivity index (χ0) is 14.8. The van der Waals surface area contributed by atoms with Crippen molar-refractivity contribution in [3.63, 3.8) is 0 Å². The highest BCUT2D eigenvalue weighted by molar-refractivity contribution is 6.30. The quantitative estimate of drug-likeness (QED) is 0.922. The standard InChI is InChI=1S/C14H13ClN2O4/c15-10-3-1-2-9(6-10)13-7-11(16-21-13)12-8-20-5-4-17(12)14(18)19/h1-3,6-7,12H,4-5,8H2,(H,18,19). The first-order chi connectivity index (χ1) is 10.1. The van der Waals surface area contributed by atoms with Crippen LogP contribution in [0.5, 0.6) is 0 Å². The van der Waals surface area contributed by atoms with Gasteiger partial charge in [-0.3, -0.25) is 4.90 Å². The summed E-state index contributed by atoms with van der Waals surface area (Å²) in [6.45, 7) is 0.981. The van der Waals surface area contributed by atoms with Gasteiger partial charge in [-0.15, -0.1) is 0 Å². The predicted octanol–water partition coefficient (Wildman–Crippen LogP) is 3.05. The summed E-state index contributed by atoms with van der Waals surface area (Å²) in [4.78, 5) is 12.6. The second kappa shape index (κ2) is 5.75. The largest absolute Gasteiger partial charge is 0.465 e. The first-order valence-electron chi connectivity index (χ1n) is 6.45. The number of carbonyl (C=O) groups is 1. The predicted molar refractivity (Wildman–Crippen MR) is 75.2 cm³/mol. The van der Waals surface area contributed by atoms with Crippen molar-refractivity contribution in [2.45, 2.75) is 6.04 Å². The van der Waals surface area contributed by atoms with E-state index in [2.05, 4.69) is 5.16 Å². The molecule has 1 N–H and O–H groups in total. The number of halogens is 1. The van der Waals surface area contributed by atoms with E-state index < -0.39 is 12.1 Å². The lowest BCUT2D eigenvalue weighted by Crippen LogP contribution is -2.42. The number of amides is 1. The summed E-state index contributed by atoms with van der Waals surface area (Å²) in [7, 11) is 0. The lowest BCUT2D eigenvalue weighted by atomic mass is 10.1. The van der Waals surface area contributed by atoms with E-state index in [1.165, 1.54) is 4.90 Å². The van der Waals surface area contributed by atoms with Gasteiger partial charge in [-0.05, 0) is 12.1 Å². The topological polar surface area (TPSA) is 75.8 Å². The Morgan fingerprint density at radius 1 is 1.43 bits per heavy atom. The molecule has 0 radical (unpaired) electrons. The zero-order valence-electron chi connectivity index (χ0n) is 11.0. The molecule has 1 aliphatic rings. The molecule has 2 heterocycles. The van der Waals surface area contributed by atoms with Crippen molar-refractivity contribution in [3.8, 4) is 11.3 Å². The van der Waals surface area contributed by atoms with Gasteiger partial charge in [0.15, 0.2) is 5.76 Å². The number of aromatic nitrogens is 1. The number of rotatable bonds is 2. The van der Waals surface area contributed by atoms with Gasteiger partial charge < -0.3 is 14.4 Å². The Kier molecular flexibility index (Phi) is 3.81. The van der Waals surface area contributed by atoms with Crippen LogP contribution < -0.4 is 0 Å². The highest BCUT2D eigenvalue weighted by atomic mass is 35.5. The number of benzene rings is 1. The Morgan fingerprint density at radius 2 is 2.29 bits per heavy atom. The fourth-order valence-electron chi connectivity index (χ4n) is 2.30. The molecule has 110 valence electrons. The van der Waals surface area contributed by atoms with E-state index >= 15 is 0 Å². The van der Waals surface area contributed by atoms with E-state index in [9.17, 15) is 9.90 Å². The fourth-order valence-corrected chi connectivity index (χ4v) is 2.49. The van der Waals surface area contributed by atoms with E-state index in [4.69, 9.17) is 20.9 Å². The summed E-state index contributed by atoms with van der Waals surface area (Å²) >= 11 is 5.95. The Balaban J connectivity index is 1.88. The molecule has 1 amide bonds. The van der Waals surface area contributed by atoms with E-state index in [0.717, 1.165) is 5.56 Å². The Labute approximate surface area is 125 Å². The van der Waals surface area contributed by atoms with Crippen LogP contribution in [0.4, 0.5) is 4.79 Å². The Hall–Kier alpha value is -2.05. The van der Waals surface area contributed by atoms with Gasteiger partial charge in [-0.25, -0.2) is 4.79 Å². The molecule has 21 heavy (non-hydrogen) atoms. The molecule has 1 aromatic carbocycles. The SMILES string of the molecule is O=C(O)N1CCOCC1c1cc(-c2cccc(Cl)c2)on1. The van der Waals surface area contributed by atoms with Crippen LogP contribution in [0, 0.1) is 0 Å². The third-order valence-electron chi connectivity index (χ3n) is 3.35. The molecule has 1 unspecified atom stereocenters. The molecule has 6 nitrogen and oxygen atoms in total. The third kappa shape index (κ3) is 2.86. The van der Waals surface area contributed by atoms with Gasteiger partial charge in [0, 0.05) is 23.2 Å². The smallest absolute Gasteiger partial charge is 0.408 e. The van der Waals surface area contributed by atoms with Gasteiger partial charge in [0.2, 0.25) is 0 Å². The first-order valence-corrected chi connectivity index (χ1v) is 6.83. The van der Waals surface area contributed by atoms with Crippen molar-refractivity contribution in [2.75, 3.05) is 19.8 Å². The van der Waals surface area contributed by atoms with E-state index in [1.807, 2.05) is 12.1 Å². The number of hydrogen-bond donors (Lipinski definition) is 1. The molecule has 1 fully saturated rings. The first kappa shape index (κ1) is 13.9. The summed E-state index contributed by atoms with van der Waals surface area (Å²) in [5.74, 6) is 0.545. The summed E-state index contributed by atoms with van der Waals surface area (Å²) in [5, 5.41) is 13.8. The monoisotopic (exact) mass is 308 g/mol. The average Bonchev–Trinajstić information content (AvgIpc) is 2.97. The molecule has 1 aromatic heterocycles. The number of hydrogen-bond acceptors (Lipinski definition) is 4. The highest BCUT2D eigenvalue weighted by Crippen LogP contribution is 2.29. The van der Waals surface area contributed by atoms with Crippen molar-refractivity contribution in [1.82, 2.24) is 10.1 Å². The fraction of sp³-hybridized carbons (Fsp3) is 0.286. The molecule has 3 rings (SSSR count). The number of ether oxygens (including phenoxy) is 1. The summed E-state index contributed by atoms with van der Waals surface area (Å²) in [6.07, 6.45) is -0.990. The van der Waals surface area contributed by atoms with Gasteiger partial charge in [0.05, 0.1) is 13.2 Å². The molecule has 7 heteroatoms. The maximum Gasteiger partial charge on any atom is 0.408 e. The summed E-state index contributed by atoms with van der Waals surface area (Å²) < 4.78 is 10.6. The molecule has 0 spiro atoms. The van der Waals surface area contributed by atoms with Crippen molar-refractivity contribution in [1.29, 1.82) is 0 Å². The lowest BCUT2D eigenvalue weighted by molar-refractivity contribution is -0.00314. The van der Waals surface area contributed by atoms with Crippen molar-refractivity contribution >= 4 is 17.7 Å². The number of carboxylic acid groups (broad SMARTS) is 1. The van der Waals surface area contributed by atoms with E-state index in [1.54, 1.807) is 18.2 Å². The van der Waals surface area contributed by atoms with E-state index in [0.29, 0.717) is 29.6 Å². The maximum atomic E-state index is 11.3. The molecule has 0 bridgehead atoms. The van der Waals surface area contributed by atoms with Gasteiger partial charge in [0.1, 0.15) is 11.7 Å². The molecule has 2 aromatic rings. The van der Waals surface area contributed by atoms with Crippen LogP contribution in [0.2, 0.25) is 5.02 Å². The van der Waals surface area contributed by atoms with E-state index in [-0.39, 0.29) is 6.61 Å². The normalized spacial score (nSPS) is 18.7. The summed E-state index contributed by atoms with van der Waals surface area (Å²) in [5.41, 5.74) is 1.33. The van der Waals surface area contributed by atoms with Gasteiger partial charge in [-0.2, -0.15) is 0 Å². The van der Waals surface area contributed by atoms with Crippen molar-refractivity contribution in [3.05, 3.63) is 41.0 Å². The second-order valence-corrected chi connectivity index (χ2v) is 5.13. The summed E-state index contributed by atoms with van der Waals surface area (Å²) in [6, 6.07) is 8.46. The van der Waals surface area contributed by atoms with Gasteiger partial charge >= 0.3 is 6.09 Å². The second-order valence-electron chi connectivity index (χ2n) is 4.69. The average molecular weight is 309 g/mol. The van der Waals surface area contributed by atoms with Crippen molar-refractivity contribution < 1.29 is 19.2 Å². The van der Waals surface area contributed by atoms with Crippen molar-refractivity contribution in [2.24, 2.45) is 0 Å². The Bertz CT molecular complexity index is 658. The highest BCUT2D eigenvalue weighted by Gasteiger charge is 2.31. The lowest BCUT2D eigenvalue weighted by Gasteiger charge is -2.31. The minimum atomic E-state index is -0.990. The molecule has 0 saturated carbocycles. The molecule has 1 saturated heterocycles. The van der Waals surface area contributed by atoms with Crippen LogP contribution in [-0.2, 0) is 4.74 Å². The van der Waals surface area contributed by atoms with Gasteiger partial charge in [0.25, 0.3) is 0 Å². The minimum Gasteiger partial charge on any atom is -0.465 e. The van der Waals surface area contributed by atoms with Crippen LogP contribution in [0.1, 0.15) is 11.7 Å². The zero-order valence-corrected chi connectivity index (χ0v) is 11.8. The maximum absolute atomic E-state index is 11.3. The van der Waals surface area contributed by atoms with Crippen LogP contribution in [0.25, 0.3) is 11.3 Å². The van der Waals surface area contributed by atoms with Crippen LogP contribution in [0.15, 0.2) is 34.9 Å². The van der Waals surface area contributed by atoms with Crippen LogP contribution in [0.3, 0.4) is 0 Å². The molecule has 0 aliphatic carbocycles. The number of morpholine rings is 1. The molecule has 1 atom stereocenters. The van der Waals surface area contributed by atoms with Crippen LogP contribution >= 0.6 is 11.6 Å². The minimum absolute atomic E-state index is 0.272. The molecular formula is C14H13ClN2O4. The third-order valence-corrected chi connectivity index (χ3v) is 3.59. The molecule has 1 aliphatic heterocycles. The van der Waals surface area contributed by atoms with Gasteiger partial charge in [-0.1, -0.05) is 28.9 Å².